The van der Waals surface area contributed by atoms with Crippen molar-refractivity contribution in [2.45, 2.75) is 32.7 Å². The third-order valence-electron chi connectivity index (χ3n) is 4.72. The van der Waals surface area contributed by atoms with E-state index in [1.165, 1.54) is 17.9 Å². The number of anilines is 1. The van der Waals surface area contributed by atoms with Crippen LogP contribution in [0.5, 0.6) is 0 Å². The highest BCUT2D eigenvalue weighted by Gasteiger charge is 2.36. The van der Waals surface area contributed by atoms with Gasteiger partial charge in [0.25, 0.3) is 17.7 Å². The van der Waals surface area contributed by atoms with Gasteiger partial charge < -0.3 is 20.7 Å². The number of benzene rings is 1. The van der Waals surface area contributed by atoms with E-state index in [9.17, 15) is 28.8 Å². The van der Waals surface area contributed by atoms with E-state index in [-0.39, 0.29) is 18.1 Å². The fraction of sp³-hybridized carbons (Fsp3) is 0.364. The van der Waals surface area contributed by atoms with E-state index in [1.54, 1.807) is 25.1 Å². The van der Waals surface area contributed by atoms with E-state index in [1.807, 2.05) is 0 Å². The van der Waals surface area contributed by atoms with Gasteiger partial charge in [-0.2, -0.15) is 0 Å². The molecule has 0 unspecified atom stereocenters. The van der Waals surface area contributed by atoms with Crippen molar-refractivity contribution in [3.05, 3.63) is 42.0 Å². The summed E-state index contributed by atoms with van der Waals surface area (Å²) in [6, 6.07) is 5.38. The van der Waals surface area contributed by atoms with E-state index in [2.05, 4.69) is 15.5 Å². The summed E-state index contributed by atoms with van der Waals surface area (Å²) in [7, 11) is 0. The number of amides is 5. The van der Waals surface area contributed by atoms with Crippen molar-refractivity contribution in [3.63, 3.8) is 0 Å². The second-order valence-corrected chi connectivity index (χ2v) is 7.37. The second kappa shape index (κ2) is 12.1. The van der Waals surface area contributed by atoms with Crippen molar-refractivity contribution in [1.29, 1.82) is 0 Å². The molecule has 1 aliphatic heterocycles. The summed E-state index contributed by atoms with van der Waals surface area (Å²) in [5.41, 5.74) is 8.19. The number of esters is 1. The van der Waals surface area contributed by atoms with Crippen molar-refractivity contribution in [2.75, 3.05) is 25.0 Å². The summed E-state index contributed by atoms with van der Waals surface area (Å²) in [5, 5.41) is 3.26. The maximum Gasteiger partial charge on any atom is 0.330 e. The number of primary amides is 1. The van der Waals surface area contributed by atoms with Gasteiger partial charge in [-0.05, 0) is 38.0 Å². The standard InChI is InChI=1S/C22H27N5O7/c1-3-34-20(31)10-9-19(30)27(13-18(23)29)25-21(32)17-8-5-11-26(17)22(33)15-6-4-7-16(12-15)24-14(2)28/h4,6-7,9-10,12,17H,3,5,8,11,13H2,1-2H3,(H2,23,29)(H,24,28)(H,25,32)/b10-9+/t17-/m0/s1. The highest BCUT2D eigenvalue weighted by Crippen LogP contribution is 2.22. The topological polar surface area (TPSA) is 168 Å². The van der Waals surface area contributed by atoms with Crippen molar-refractivity contribution in [1.82, 2.24) is 15.3 Å². The number of rotatable bonds is 8. The van der Waals surface area contributed by atoms with Crippen molar-refractivity contribution in [2.24, 2.45) is 5.73 Å². The Balaban J connectivity index is 2.14. The summed E-state index contributed by atoms with van der Waals surface area (Å²) < 4.78 is 4.68. The molecule has 0 saturated carbocycles. The first-order valence-corrected chi connectivity index (χ1v) is 10.6. The fourth-order valence-electron chi connectivity index (χ4n) is 3.34. The number of hydrogen-bond donors (Lipinski definition) is 3. The van der Waals surface area contributed by atoms with Crippen molar-refractivity contribution in [3.8, 4) is 0 Å². The van der Waals surface area contributed by atoms with Gasteiger partial charge in [-0.15, -0.1) is 0 Å². The van der Waals surface area contributed by atoms with E-state index >= 15 is 0 Å². The molecule has 1 aromatic rings. The monoisotopic (exact) mass is 473 g/mol. The van der Waals surface area contributed by atoms with Crippen LogP contribution in [-0.2, 0) is 28.7 Å². The number of nitrogens with zero attached hydrogens (tertiary/aromatic N) is 2. The average Bonchev–Trinajstić information content (AvgIpc) is 3.26. The minimum absolute atomic E-state index is 0.109. The van der Waals surface area contributed by atoms with E-state index < -0.39 is 42.2 Å². The molecular weight excluding hydrogens is 446 g/mol. The Kier molecular flexibility index (Phi) is 9.29. The molecule has 0 aliphatic carbocycles. The lowest BCUT2D eigenvalue weighted by Gasteiger charge is -2.27. The summed E-state index contributed by atoms with van der Waals surface area (Å²) >= 11 is 0. The number of nitrogens with two attached hydrogens (primary N) is 1. The number of likely N-dealkylation sites (tertiary alicyclic amines) is 1. The van der Waals surface area contributed by atoms with Crippen LogP contribution >= 0.6 is 0 Å². The summed E-state index contributed by atoms with van der Waals surface area (Å²) in [6.07, 6.45) is 2.58. The Hall–Kier alpha value is -4.22. The van der Waals surface area contributed by atoms with E-state index in [0.717, 1.165) is 12.2 Å². The Morgan fingerprint density at radius 1 is 1.21 bits per heavy atom. The third kappa shape index (κ3) is 7.43. The first kappa shape index (κ1) is 26.0. The second-order valence-electron chi connectivity index (χ2n) is 7.37. The molecule has 12 nitrogen and oxygen atoms in total. The molecule has 0 aromatic heterocycles. The smallest absolute Gasteiger partial charge is 0.330 e. The Morgan fingerprint density at radius 3 is 2.59 bits per heavy atom. The van der Waals surface area contributed by atoms with Gasteiger partial charge in [-0.3, -0.25) is 29.4 Å². The van der Waals surface area contributed by atoms with E-state index in [4.69, 9.17) is 5.73 Å². The third-order valence-corrected chi connectivity index (χ3v) is 4.72. The van der Waals surface area contributed by atoms with Crippen LogP contribution in [0.1, 0.15) is 37.0 Å². The first-order chi connectivity index (χ1) is 16.1. The van der Waals surface area contributed by atoms with Crippen LogP contribution in [0.15, 0.2) is 36.4 Å². The molecule has 1 fully saturated rings. The maximum absolute atomic E-state index is 13.1. The molecule has 1 heterocycles. The molecular formula is C22H27N5O7. The molecule has 0 spiro atoms. The lowest BCUT2D eigenvalue weighted by atomic mass is 10.1. The number of hydrazine groups is 1. The summed E-state index contributed by atoms with van der Waals surface area (Å²) in [6.45, 7) is 2.71. The molecule has 2 rings (SSSR count). The lowest BCUT2D eigenvalue weighted by Crippen LogP contribution is -2.55. The molecule has 1 aromatic carbocycles. The highest BCUT2D eigenvalue weighted by atomic mass is 16.5. The quantitative estimate of drug-likeness (QED) is 0.265. The Labute approximate surface area is 196 Å². The van der Waals surface area contributed by atoms with Crippen LogP contribution in [0.2, 0.25) is 0 Å². The van der Waals surface area contributed by atoms with Crippen molar-refractivity contribution < 1.29 is 33.5 Å². The SMILES string of the molecule is CCOC(=O)/C=C/C(=O)N(CC(N)=O)NC(=O)[C@@H]1CCCN1C(=O)c1cccc(NC(C)=O)c1. The zero-order valence-electron chi connectivity index (χ0n) is 18.9. The van der Waals surface area contributed by atoms with Gasteiger partial charge in [0.15, 0.2) is 0 Å². The minimum atomic E-state index is -0.908. The summed E-state index contributed by atoms with van der Waals surface area (Å²) in [4.78, 5) is 73.8. The zero-order valence-corrected chi connectivity index (χ0v) is 18.9. The normalized spacial score (nSPS) is 15.0. The molecule has 0 bridgehead atoms. The van der Waals surface area contributed by atoms with Crippen LogP contribution in [0.25, 0.3) is 0 Å². The van der Waals surface area contributed by atoms with E-state index in [0.29, 0.717) is 30.1 Å². The number of carbonyl (C=O) groups is 6. The molecule has 1 atom stereocenters. The predicted octanol–water partition coefficient (Wildman–Crippen LogP) is -0.286. The van der Waals surface area contributed by atoms with Crippen LogP contribution in [0, 0.1) is 0 Å². The lowest BCUT2D eigenvalue weighted by molar-refractivity contribution is -0.142. The molecule has 12 heteroatoms. The van der Waals surface area contributed by atoms with Gasteiger partial charge in [-0.25, -0.2) is 9.80 Å². The first-order valence-electron chi connectivity index (χ1n) is 10.6. The molecule has 5 amide bonds. The zero-order chi connectivity index (χ0) is 25.3. The van der Waals surface area contributed by atoms with Gasteiger partial charge in [0.2, 0.25) is 11.8 Å². The minimum Gasteiger partial charge on any atom is -0.463 e. The molecule has 0 radical (unpaired) electrons. The van der Waals surface area contributed by atoms with Crippen LogP contribution in [-0.4, -0.2) is 71.2 Å². The maximum atomic E-state index is 13.1. The van der Waals surface area contributed by atoms with Crippen molar-refractivity contribution >= 4 is 41.2 Å². The molecule has 1 saturated heterocycles. The average molecular weight is 473 g/mol. The highest BCUT2D eigenvalue weighted by molar-refractivity contribution is 6.01. The van der Waals surface area contributed by atoms with Gasteiger partial charge in [-0.1, -0.05) is 6.07 Å². The fourth-order valence-corrected chi connectivity index (χ4v) is 3.34. The summed E-state index contributed by atoms with van der Waals surface area (Å²) in [5.74, 6) is -3.95. The number of carbonyl (C=O) groups excluding carboxylic acids is 6. The van der Waals surface area contributed by atoms with Crippen LogP contribution in [0.3, 0.4) is 0 Å². The molecule has 1 aliphatic rings. The Bertz CT molecular complexity index is 1010. The number of nitrogens with one attached hydrogen (secondary N) is 2. The van der Waals surface area contributed by atoms with Crippen LogP contribution in [0.4, 0.5) is 5.69 Å². The molecule has 182 valence electrons. The Morgan fingerprint density at radius 2 is 1.94 bits per heavy atom. The number of ether oxygens (including phenoxy) is 1. The van der Waals surface area contributed by atoms with Gasteiger partial charge in [0, 0.05) is 36.9 Å². The molecule has 34 heavy (non-hydrogen) atoms. The van der Waals surface area contributed by atoms with Gasteiger partial charge in [0.1, 0.15) is 12.6 Å². The predicted molar refractivity (Wildman–Crippen MR) is 120 cm³/mol. The molecule has 4 N–H and O–H groups in total. The largest absolute Gasteiger partial charge is 0.463 e. The number of hydrogen-bond acceptors (Lipinski definition) is 7. The van der Waals surface area contributed by atoms with Gasteiger partial charge in [0.05, 0.1) is 6.61 Å². The van der Waals surface area contributed by atoms with Gasteiger partial charge >= 0.3 is 5.97 Å². The van der Waals surface area contributed by atoms with Crippen LogP contribution < -0.4 is 16.5 Å².